The summed E-state index contributed by atoms with van der Waals surface area (Å²) in [4.78, 5) is 11.9. The molecule has 2 aromatic carbocycles. The standard InChI is InChI=1S/C19H21ClN2O3S/c1-3-4-11-25-18(23)13-5-8-15(9-6-13)21-19(26)22-16-12-14(20)7-10-17(16)24-2/h5-10,12H,3-4,11H2,1-2H3,(H2,21,22,26). The summed E-state index contributed by atoms with van der Waals surface area (Å²) in [6.45, 7) is 2.48. The molecule has 0 saturated heterocycles. The van der Waals surface area contributed by atoms with Gasteiger partial charge in [0.1, 0.15) is 5.75 Å². The second-order valence-corrected chi connectivity index (χ2v) is 6.34. The van der Waals surface area contributed by atoms with E-state index in [1.807, 2.05) is 6.92 Å². The lowest BCUT2D eigenvalue weighted by Gasteiger charge is -2.14. The zero-order chi connectivity index (χ0) is 18.9. The highest BCUT2D eigenvalue weighted by molar-refractivity contribution is 7.80. The highest BCUT2D eigenvalue weighted by Gasteiger charge is 2.08. The Hall–Kier alpha value is -2.31. The number of halogens is 1. The van der Waals surface area contributed by atoms with Crippen molar-refractivity contribution in [3.8, 4) is 5.75 Å². The highest BCUT2D eigenvalue weighted by atomic mass is 35.5. The summed E-state index contributed by atoms with van der Waals surface area (Å²) in [5.74, 6) is 0.304. The van der Waals surface area contributed by atoms with Gasteiger partial charge in [-0.05, 0) is 61.1 Å². The van der Waals surface area contributed by atoms with Crippen LogP contribution in [-0.2, 0) is 4.74 Å². The van der Waals surface area contributed by atoms with Crippen molar-refractivity contribution >= 4 is 46.3 Å². The maximum Gasteiger partial charge on any atom is 0.338 e. The molecular formula is C19H21ClN2O3S. The Morgan fingerprint density at radius 3 is 2.54 bits per heavy atom. The smallest absolute Gasteiger partial charge is 0.338 e. The third-order valence-electron chi connectivity index (χ3n) is 3.52. The molecule has 2 rings (SSSR count). The zero-order valence-corrected chi connectivity index (χ0v) is 16.2. The van der Waals surface area contributed by atoms with E-state index in [0.29, 0.717) is 33.7 Å². The number of methoxy groups -OCH3 is 1. The molecule has 26 heavy (non-hydrogen) atoms. The van der Waals surface area contributed by atoms with Crippen molar-refractivity contribution in [3.05, 3.63) is 53.1 Å². The van der Waals surface area contributed by atoms with Gasteiger partial charge in [-0.3, -0.25) is 0 Å². The Kier molecular flexibility index (Phi) is 7.69. The van der Waals surface area contributed by atoms with Crippen molar-refractivity contribution < 1.29 is 14.3 Å². The molecule has 0 saturated carbocycles. The molecule has 0 radical (unpaired) electrons. The van der Waals surface area contributed by atoms with Crippen molar-refractivity contribution in [1.29, 1.82) is 0 Å². The summed E-state index contributed by atoms with van der Waals surface area (Å²) < 4.78 is 10.5. The molecule has 0 unspecified atom stereocenters. The Morgan fingerprint density at radius 1 is 1.15 bits per heavy atom. The SMILES string of the molecule is CCCCOC(=O)c1ccc(NC(=S)Nc2cc(Cl)ccc2OC)cc1. The van der Waals surface area contributed by atoms with E-state index < -0.39 is 0 Å². The largest absolute Gasteiger partial charge is 0.495 e. The molecule has 0 atom stereocenters. The number of hydrogen-bond donors (Lipinski definition) is 2. The predicted molar refractivity (Wildman–Crippen MR) is 109 cm³/mol. The Labute approximate surface area is 163 Å². The van der Waals surface area contributed by atoms with Gasteiger partial charge in [0.25, 0.3) is 0 Å². The van der Waals surface area contributed by atoms with Crippen molar-refractivity contribution in [2.45, 2.75) is 19.8 Å². The van der Waals surface area contributed by atoms with Gasteiger partial charge >= 0.3 is 5.97 Å². The van der Waals surface area contributed by atoms with E-state index in [2.05, 4.69) is 10.6 Å². The van der Waals surface area contributed by atoms with Gasteiger partial charge in [0.05, 0.1) is 25.0 Å². The number of carbonyl (C=O) groups is 1. The molecule has 0 bridgehead atoms. The van der Waals surface area contributed by atoms with Crippen molar-refractivity contribution in [2.75, 3.05) is 24.4 Å². The van der Waals surface area contributed by atoms with E-state index in [9.17, 15) is 4.79 Å². The molecule has 0 fully saturated rings. The highest BCUT2D eigenvalue weighted by Crippen LogP contribution is 2.27. The van der Waals surface area contributed by atoms with Crippen LogP contribution in [0.3, 0.4) is 0 Å². The van der Waals surface area contributed by atoms with Gasteiger partial charge in [0, 0.05) is 10.7 Å². The normalized spacial score (nSPS) is 10.1. The molecule has 0 amide bonds. The average molecular weight is 393 g/mol. The van der Waals surface area contributed by atoms with E-state index in [0.717, 1.165) is 18.5 Å². The molecule has 2 N–H and O–H groups in total. The molecule has 7 heteroatoms. The van der Waals surface area contributed by atoms with Crippen LogP contribution in [0.25, 0.3) is 0 Å². The van der Waals surface area contributed by atoms with Gasteiger partial charge in [-0.2, -0.15) is 0 Å². The first kappa shape index (κ1) is 20.0. The second kappa shape index (κ2) is 9.99. The number of rotatable bonds is 7. The molecule has 2 aromatic rings. The summed E-state index contributed by atoms with van der Waals surface area (Å²) in [7, 11) is 1.57. The van der Waals surface area contributed by atoms with Gasteiger partial charge in [-0.25, -0.2) is 4.79 Å². The van der Waals surface area contributed by atoms with E-state index in [1.165, 1.54) is 0 Å². The summed E-state index contributed by atoms with van der Waals surface area (Å²) in [6.07, 6.45) is 1.84. The minimum Gasteiger partial charge on any atom is -0.495 e. The van der Waals surface area contributed by atoms with Crippen LogP contribution in [-0.4, -0.2) is 24.8 Å². The van der Waals surface area contributed by atoms with Gasteiger partial charge in [-0.1, -0.05) is 24.9 Å². The Balaban J connectivity index is 1.95. The summed E-state index contributed by atoms with van der Waals surface area (Å²) >= 11 is 11.3. The number of benzene rings is 2. The summed E-state index contributed by atoms with van der Waals surface area (Å²) in [5.41, 5.74) is 1.91. The lowest BCUT2D eigenvalue weighted by atomic mass is 10.2. The average Bonchev–Trinajstić information content (AvgIpc) is 2.62. The molecule has 138 valence electrons. The first-order chi connectivity index (χ1) is 12.5. The van der Waals surface area contributed by atoms with Crippen LogP contribution in [0.1, 0.15) is 30.1 Å². The molecule has 0 aliphatic heterocycles. The number of esters is 1. The molecule has 0 spiro atoms. The Bertz CT molecular complexity index is 766. The van der Waals surface area contributed by atoms with Crippen molar-refractivity contribution in [1.82, 2.24) is 0 Å². The lowest BCUT2D eigenvalue weighted by Crippen LogP contribution is -2.19. The maximum absolute atomic E-state index is 11.9. The van der Waals surface area contributed by atoms with Crippen LogP contribution < -0.4 is 15.4 Å². The van der Waals surface area contributed by atoms with Gasteiger partial charge in [0.2, 0.25) is 0 Å². The lowest BCUT2D eigenvalue weighted by molar-refractivity contribution is 0.0500. The quantitative estimate of drug-likeness (QED) is 0.387. The van der Waals surface area contributed by atoms with Crippen molar-refractivity contribution in [3.63, 3.8) is 0 Å². The Morgan fingerprint density at radius 2 is 1.88 bits per heavy atom. The number of nitrogens with one attached hydrogen (secondary N) is 2. The number of ether oxygens (including phenoxy) is 2. The van der Waals surface area contributed by atoms with Crippen LogP contribution in [0.2, 0.25) is 5.02 Å². The summed E-state index contributed by atoms with van der Waals surface area (Å²) in [5, 5.41) is 7.04. The van der Waals surface area contributed by atoms with Crippen LogP contribution in [0, 0.1) is 0 Å². The fraction of sp³-hybridized carbons (Fsp3) is 0.263. The van der Waals surface area contributed by atoms with E-state index in [4.69, 9.17) is 33.3 Å². The third-order valence-corrected chi connectivity index (χ3v) is 3.96. The molecule has 5 nitrogen and oxygen atoms in total. The first-order valence-corrected chi connectivity index (χ1v) is 9.01. The fourth-order valence-corrected chi connectivity index (χ4v) is 2.54. The molecule has 0 aliphatic rings. The van der Waals surface area contributed by atoms with Gasteiger partial charge < -0.3 is 20.1 Å². The third kappa shape index (κ3) is 5.89. The van der Waals surface area contributed by atoms with E-state index >= 15 is 0 Å². The summed E-state index contributed by atoms with van der Waals surface area (Å²) in [6, 6.07) is 12.1. The molecule has 0 aromatic heterocycles. The van der Waals surface area contributed by atoms with Crippen LogP contribution in [0.15, 0.2) is 42.5 Å². The molecule has 0 heterocycles. The van der Waals surface area contributed by atoms with Gasteiger partial charge in [0.15, 0.2) is 5.11 Å². The van der Waals surface area contributed by atoms with Crippen LogP contribution in [0.4, 0.5) is 11.4 Å². The van der Waals surface area contributed by atoms with Crippen LogP contribution >= 0.6 is 23.8 Å². The predicted octanol–water partition coefficient (Wildman–Crippen LogP) is 5.11. The number of anilines is 2. The minimum atomic E-state index is -0.325. The number of thiocarbonyl (C=S) groups is 1. The van der Waals surface area contributed by atoms with E-state index in [-0.39, 0.29) is 5.97 Å². The number of hydrogen-bond acceptors (Lipinski definition) is 4. The fourth-order valence-electron chi connectivity index (χ4n) is 2.14. The number of carbonyl (C=O) groups excluding carboxylic acids is 1. The minimum absolute atomic E-state index is 0.325. The molecule has 0 aliphatic carbocycles. The van der Waals surface area contributed by atoms with Crippen molar-refractivity contribution in [2.24, 2.45) is 0 Å². The second-order valence-electron chi connectivity index (χ2n) is 5.49. The number of unbranched alkanes of at least 4 members (excludes halogenated alkanes) is 1. The maximum atomic E-state index is 11.9. The van der Waals surface area contributed by atoms with E-state index in [1.54, 1.807) is 49.6 Å². The van der Waals surface area contributed by atoms with Crippen LogP contribution in [0.5, 0.6) is 5.75 Å². The topological polar surface area (TPSA) is 59.6 Å². The van der Waals surface area contributed by atoms with Gasteiger partial charge in [-0.15, -0.1) is 0 Å². The monoisotopic (exact) mass is 392 g/mol. The first-order valence-electron chi connectivity index (χ1n) is 8.22. The molecular weight excluding hydrogens is 372 g/mol. The zero-order valence-electron chi connectivity index (χ0n) is 14.7.